The second-order valence-corrected chi connectivity index (χ2v) is 5.00. The van der Waals surface area contributed by atoms with Gasteiger partial charge in [-0.15, -0.1) is 0 Å². The summed E-state index contributed by atoms with van der Waals surface area (Å²) in [5.41, 5.74) is 2.70. The van der Waals surface area contributed by atoms with Gasteiger partial charge in [0.1, 0.15) is 11.4 Å². The number of aromatic nitrogens is 2. The molecule has 100 valence electrons. The van der Waals surface area contributed by atoms with Crippen LogP contribution in [0.4, 0.5) is 0 Å². The summed E-state index contributed by atoms with van der Waals surface area (Å²) in [6.07, 6.45) is 1.68. The lowest BCUT2D eigenvalue weighted by molar-refractivity contribution is 0.415. The highest BCUT2D eigenvalue weighted by atomic mass is 32.1. The molecule has 0 amide bonds. The van der Waals surface area contributed by atoms with E-state index < -0.39 is 0 Å². The van der Waals surface area contributed by atoms with Gasteiger partial charge in [0, 0.05) is 10.9 Å². The maximum atomic E-state index is 12.1. The molecule has 0 saturated carbocycles. The lowest BCUT2D eigenvalue weighted by atomic mass is 10.1. The molecule has 3 rings (SSSR count). The predicted molar refractivity (Wildman–Crippen MR) is 80.2 cm³/mol. The van der Waals surface area contributed by atoms with Gasteiger partial charge in [0.05, 0.1) is 19.0 Å². The Morgan fingerprint density at radius 3 is 2.55 bits per heavy atom. The minimum Gasteiger partial charge on any atom is -0.497 e. The zero-order chi connectivity index (χ0) is 13.9. The Kier molecular flexibility index (Phi) is 3.35. The molecule has 0 atom stereocenters. The van der Waals surface area contributed by atoms with Gasteiger partial charge in [0.25, 0.3) is 5.56 Å². The summed E-state index contributed by atoms with van der Waals surface area (Å²) in [6.45, 7) is 0. The standard InChI is InChI=1S/C15H12N2O2S/c1-19-12-4-2-10(3-5-12)13-8-16-14(15(18)17-13)11-6-7-20-9-11/h2-9H,1H3,(H,17,18). The van der Waals surface area contributed by atoms with E-state index >= 15 is 0 Å². The summed E-state index contributed by atoms with van der Waals surface area (Å²) in [5.74, 6) is 0.777. The number of hydrogen-bond acceptors (Lipinski definition) is 4. The molecule has 5 heteroatoms. The number of thiophene rings is 1. The van der Waals surface area contributed by atoms with Crippen LogP contribution in [0, 0.1) is 0 Å². The van der Waals surface area contributed by atoms with E-state index in [0.717, 1.165) is 16.9 Å². The van der Waals surface area contributed by atoms with Gasteiger partial charge in [-0.2, -0.15) is 11.3 Å². The molecule has 0 saturated heterocycles. The molecule has 0 aliphatic carbocycles. The molecule has 0 radical (unpaired) electrons. The molecule has 2 heterocycles. The van der Waals surface area contributed by atoms with Crippen molar-refractivity contribution >= 4 is 11.3 Å². The molecule has 0 bridgehead atoms. The van der Waals surface area contributed by atoms with Gasteiger partial charge in [-0.25, -0.2) is 4.98 Å². The number of rotatable bonds is 3. The van der Waals surface area contributed by atoms with Crippen molar-refractivity contribution in [1.29, 1.82) is 0 Å². The largest absolute Gasteiger partial charge is 0.497 e. The molecule has 0 aliphatic heterocycles. The van der Waals surface area contributed by atoms with E-state index in [9.17, 15) is 4.79 Å². The minimum absolute atomic E-state index is 0.184. The second-order valence-electron chi connectivity index (χ2n) is 4.22. The summed E-state index contributed by atoms with van der Waals surface area (Å²) >= 11 is 1.54. The molecule has 0 unspecified atom stereocenters. The molecule has 0 fully saturated rings. The molecule has 1 aromatic carbocycles. The Morgan fingerprint density at radius 2 is 1.95 bits per heavy atom. The normalized spacial score (nSPS) is 10.4. The van der Waals surface area contributed by atoms with Crippen molar-refractivity contribution in [3.8, 4) is 28.3 Å². The molecular weight excluding hydrogens is 272 g/mol. The minimum atomic E-state index is -0.184. The van der Waals surface area contributed by atoms with Gasteiger partial charge in [-0.05, 0) is 41.3 Å². The van der Waals surface area contributed by atoms with Crippen LogP contribution in [-0.2, 0) is 0 Å². The average molecular weight is 284 g/mol. The summed E-state index contributed by atoms with van der Waals surface area (Å²) < 4.78 is 5.11. The van der Waals surface area contributed by atoms with Crippen LogP contribution in [0.3, 0.4) is 0 Å². The SMILES string of the molecule is COc1ccc(-c2cnc(-c3ccsc3)c(=O)[nH]2)cc1. The highest BCUT2D eigenvalue weighted by Crippen LogP contribution is 2.21. The first-order valence-corrected chi connectivity index (χ1v) is 6.98. The molecule has 0 spiro atoms. The van der Waals surface area contributed by atoms with Gasteiger partial charge in [0.15, 0.2) is 0 Å². The molecule has 3 aromatic rings. The third-order valence-corrected chi connectivity index (χ3v) is 3.66. The number of aromatic amines is 1. The van der Waals surface area contributed by atoms with Gasteiger partial charge in [-0.1, -0.05) is 0 Å². The van der Waals surface area contributed by atoms with Crippen molar-refractivity contribution in [1.82, 2.24) is 9.97 Å². The molecule has 20 heavy (non-hydrogen) atoms. The van der Waals surface area contributed by atoms with Crippen LogP contribution in [0.15, 0.2) is 52.1 Å². The molecule has 2 aromatic heterocycles. The Labute approximate surface area is 119 Å². The molecule has 1 N–H and O–H groups in total. The van der Waals surface area contributed by atoms with E-state index in [-0.39, 0.29) is 5.56 Å². The van der Waals surface area contributed by atoms with Crippen molar-refractivity contribution < 1.29 is 4.74 Å². The van der Waals surface area contributed by atoms with Crippen LogP contribution in [0.1, 0.15) is 0 Å². The summed E-state index contributed by atoms with van der Waals surface area (Å²) in [6, 6.07) is 9.35. The van der Waals surface area contributed by atoms with E-state index in [0.29, 0.717) is 11.4 Å². The van der Waals surface area contributed by atoms with Crippen LogP contribution >= 0.6 is 11.3 Å². The van der Waals surface area contributed by atoms with Gasteiger partial charge in [0.2, 0.25) is 0 Å². The van der Waals surface area contributed by atoms with Gasteiger partial charge < -0.3 is 9.72 Å². The highest BCUT2D eigenvalue weighted by molar-refractivity contribution is 7.08. The fraction of sp³-hybridized carbons (Fsp3) is 0.0667. The Balaban J connectivity index is 1.99. The number of methoxy groups -OCH3 is 1. The average Bonchev–Trinajstić information content (AvgIpc) is 3.01. The smallest absolute Gasteiger partial charge is 0.274 e. The Bertz CT molecular complexity index is 761. The first-order valence-electron chi connectivity index (χ1n) is 6.04. The van der Waals surface area contributed by atoms with Crippen molar-refractivity contribution in [2.24, 2.45) is 0 Å². The van der Waals surface area contributed by atoms with E-state index in [4.69, 9.17) is 4.74 Å². The number of nitrogens with zero attached hydrogens (tertiary/aromatic N) is 1. The topological polar surface area (TPSA) is 55.0 Å². The van der Waals surface area contributed by atoms with Gasteiger partial charge in [-0.3, -0.25) is 4.79 Å². The van der Waals surface area contributed by atoms with Crippen LogP contribution < -0.4 is 10.3 Å². The molecule has 0 aliphatic rings. The van der Waals surface area contributed by atoms with Gasteiger partial charge >= 0.3 is 0 Å². The quantitative estimate of drug-likeness (QED) is 0.803. The van der Waals surface area contributed by atoms with Crippen LogP contribution in [0.5, 0.6) is 5.75 Å². The van der Waals surface area contributed by atoms with Crippen LogP contribution in [0.25, 0.3) is 22.5 Å². The summed E-state index contributed by atoms with van der Waals surface area (Å²) in [5, 5.41) is 3.83. The lowest BCUT2D eigenvalue weighted by Gasteiger charge is -2.04. The van der Waals surface area contributed by atoms with Crippen molar-refractivity contribution in [2.45, 2.75) is 0 Å². The van der Waals surface area contributed by atoms with Crippen LogP contribution in [0.2, 0.25) is 0 Å². The van der Waals surface area contributed by atoms with Crippen molar-refractivity contribution in [3.05, 3.63) is 57.6 Å². The van der Waals surface area contributed by atoms with Crippen molar-refractivity contribution in [3.63, 3.8) is 0 Å². The fourth-order valence-corrected chi connectivity index (χ4v) is 2.56. The monoisotopic (exact) mass is 284 g/mol. The number of benzene rings is 1. The zero-order valence-corrected chi connectivity index (χ0v) is 11.6. The van der Waals surface area contributed by atoms with E-state index in [1.165, 1.54) is 0 Å². The summed E-state index contributed by atoms with van der Waals surface area (Å²) in [7, 11) is 1.62. The van der Waals surface area contributed by atoms with E-state index in [1.807, 2.05) is 41.1 Å². The van der Waals surface area contributed by atoms with Crippen LogP contribution in [-0.4, -0.2) is 17.1 Å². The maximum Gasteiger partial charge on any atom is 0.274 e. The van der Waals surface area contributed by atoms with E-state index in [2.05, 4.69) is 9.97 Å². The Hall–Kier alpha value is -2.40. The third kappa shape index (κ3) is 2.35. The number of hydrogen-bond donors (Lipinski definition) is 1. The lowest BCUT2D eigenvalue weighted by Crippen LogP contribution is -2.11. The molecule has 4 nitrogen and oxygen atoms in total. The third-order valence-electron chi connectivity index (χ3n) is 2.98. The number of H-pyrrole nitrogens is 1. The molecular formula is C15H12N2O2S. The fourth-order valence-electron chi connectivity index (χ4n) is 1.92. The summed E-state index contributed by atoms with van der Waals surface area (Å²) in [4.78, 5) is 19.2. The zero-order valence-electron chi connectivity index (χ0n) is 10.8. The van der Waals surface area contributed by atoms with Crippen molar-refractivity contribution in [2.75, 3.05) is 7.11 Å². The van der Waals surface area contributed by atoms with E-state index in [1.54, 1.807) is 24.6 Å². The maximum absolute atomic E-state index is 12.1. The number of ether oxygens (including phenoxy) is 1. The first kappa shape index (κ1) is 12.6. The predicted octanol–water partition coefficient (Wildman–Crippen LogP) is 3.17. The number of nitrogens with one attached hydrogen (secondary N) is 1. The second kappa shape index (κ2) is 5.30. The highest BCUT2D eigenvalue weighted by Gasteiger charge is 2.07. The Morgan fingerprint density at radius 1 is 1.15 bits per heavy atom. The first-order chi connectivity index (χ1) is 9.78.